The van der Waals surface area contributed by atoms with E-state index in [4.69, 9.17) is 4.74 Å². The average molecular weight is 407 g/mol. The van der Waals surface area contributed by atoms with Crippen LogP contribution >= 0.6 is 0 Å². The Hall–Kier alpha value is -2.56. The fourth-order valence-electron chi connectivity index (χ4n) is 5.89. The molecule has 2 fully saturated rings. The SMILES string of the molecule is COc1ccc(C(=O)N2C[C@@H]3C[C@H](C2)c2c(C4CCCCC4)ccc(=O)n2C3)cc1. The number of hydrogen-bond donors (Lipinski definition) is 0. The lowest BCUT2D eigenvalue weighted by Gasteiger charge is -2.44. The van der Waals surface area contributed by atoms with E-state index >= 15 is 0 Å². The summed E-state index contributed by atoms with van der Waals surface area (Å²) in [7, 11) is 1.63. The third-order valence-electron chi connectivity index (χ3n) is 7.29. The van der Waals surface area contributed by atoms with Gasteiger partial charge in [-0.1, -0.05) is 25.3 Å². The molecule has 3 aliphatic rings. The van der Waals surface area contributed by atoms with Crippen LogP contribution in [0.5, 0.6) is 5.75 Å². The molecule has 2 aromatic rings. The Morgan fingerprint density at radius 1 is 0.933 bits per heavy atom. The van der Waals surface area contributed by atoms with E-state index in [1.165, 1.54) is 43.4 Å². The van der Waals surface area contributed by atoms with Crippen molar-refractivity contribution in [3.05, 3.63) is 63.6 Å². The highest BCUT2D eigenvalue weighted by atomic mass is 16.5. The number of aromatic nitrogens is 1. The molecule has 0 unspecified atom stereocenters. The van der Waals surface area contributed by atoms with E-state index < -0.39 is 0 Å². The molecule has 2 aliphatic heterocycles. The number of rotatable bonds is 3. The number of hydrogen-bond acceptors (Lipinski definition) is 3. The van der Waals surface area contributed by atoms with Gasteiger partial charge in [0.1, 0.15) is 5.75 Å². The maximum Gasteiger partial charge on any atom is 0.253 e. The predicted octanol–water partition coefficient (Wildman–Crippen LogP) is 4.16. The Kier molecular flexibility index (Phi) is 5.13. The highest BCUT2D eigenvalue weighted by Gasteiger charge is 2.38. The van der Waals surface area contributed by atoms with E-state index in [1.54, 1.807) is 13.2 Å². The van der Waals surface area contributed by atoms with E-state index in [2.05, 4.69) is 6.07 Å². The fourth-order valence-corrected chi connectivity index (χ4v) is 5.89. The van der Waals surface area contributed by atoms with Gasteiger partial charge in [0.25, 0.3) is 11.5 Å². The van der Waals surface area contributed by atoms with Crippen molar-refractivity contribution in [2.75, 3.05) is 20.2 Å². The van der Waals surface area contributed by atoms with Crippen LogP contribution in [0.25, 0.3) is 0 Å². The number of nitrogens with zero attached hydrogens (tertiary/aromatic N) is 2. The van der Waals surface area contributed by atoms with Crippen molar-refractivity contribution in [2.24, 2.45) is 5.92 Å². The van der Waals surface area contributed by atoms with Crippen LogP contribution in [0.4, 0.5) is 0 Å². The Morgan fingerprint density at radius 2 is 1.70 bits per heavy atom. The van der Waals surface area contributed by atoms with Crippen LogP contribution < -0.4 is 10.3 Å². The van der Waals surface area contributed by atoms with Gasteiger partial charge < -0.3 is 14.2 Å². The minimum absolute atomic E-state index is 0.0818. The lowest BCUT2D eigenvalue weighted by molar-refractivity contribution is 0.0592. The Bertz CT molecular complexity index is 988. The second-order valence-corrected chi connectivity index (χ2v) is 9.19. The first-order chi connectivity index (χ1) is 14.6. The average Bonchev–Trinajstić information content (AvgIpc) is 2.80. The molecule has 1 aromatic heterocycles. The van der Waals surface area contributed by atoms with Crippen LogP contribution in [0, 0.1) is 5.92 Å². The van der Waals surface area contributed by atoms with Gasteiger partial charge in [0.05, 0.1) is 7.11 Å². The van der Waals surface area contributed by atoms with Crippen LogP contribution in [0.15, 0.2) is 41.2 Å². The molecule has 3 heterocycles. The first-order valence-corrected chi connectivity index (χ1v) is 11.3. The molecule has 1 saturated heterocycles. The molecular weight excluding hydrogens is 376 g/mol. The zero-order valence-corrected chi connectivity index (χ0v) is 17.7. The zero-order chi connectivity index (χ0) is 20.7. The number of carbonyl (C=O) groups excluding carboxylic acids is 1. The minimum Gasteiger partial charge on any atom is -0.497 e. The van der Waals surface area contributed by atoms with E-state index in [9.17, 15) is 9.59 Å². The summed E-state index contributed by atoms with van der Waals surface area (Å²) >= 11 is 0. The summed E-state index contributed by atoms with van der Waals surface area (Å²) in [6, 6.07) is 11.2. The topological polar surface area (TPSA) is 51.5 Å². The molecule has 2 atom stereocenters. The molecule has 0 N–H and O–H groups in total. The summed E-state index contributed by atoms with van der Waals surface area (Å²) in [5, 5.41) is 0. The minimum atomic E-state index is 0.0818. The fraction of sp³-hybridized carbons (Fsp3) is 0.520. The highest BCUT2D eigenvalue weighted by molar-refractivity contribution is 5.94. The maximum absolute atomic E-state index is 13.2. The molecule has 1 saturated carbocycles. The molecule has 1 aromatic carbocycles. The normalized spacial score (nSPS) is 23.7. The smallest absolute Gasteiger partial charge is 0.253 e. The Labute approximate surface area is 177 Å². The van der Waals surface area contributed by atoms with Gasteiger partial charge in [0, 0.05) is 42.9 Å². The molecule has 5 rings (SSSR count). The number of carbonyl (C=O) groups is 1. The van der Waals surface area contributed by atoms with Crippen molar-refractivity contribution in [2.45, 2.75) is 56.9 Å². The molecule has 0 radical (unpaired) electrons. The zero-order valence-electron chi connectivity index (χ0n) is 17.7. The third-order valence-corrected chi connectivity index (χ3v) is 7.29. The molecular formula is C25H30N2O3. The van der Waals surface area contributed by atoms with Crippen molar-refractivity contribution in [1.29, 1.82) is 0 Å². The van der Waals surface area contributed by atoms with Crippen molar-refractivity contribution in [3.63, 3.8) is 0 Å². The Morgan fingerprint density at radius 3 is 2.43 bits per heavy atom. The summed E-state index contributed by atoms with van der Waals surface area (Å²) in [5.74, 6) is 2.00. The van der Waals surface area contributed by atoms with E-state index in [0.717, 1.165) is 25.3 Å². The van der Waals surface area contributed by atoms with E-state index in [0.29, 0.717) is 23.9 Å². The van der Waals surface area contributed by atoms with Gasteiger partial charge >= 0.3 is 0 Å². The van der Waals surface area contributed by atoms with E-state index in [1.807, 2.05) is 33.7 Å². The van der Waals surface area contributed by atoms with Crippen molar-refractivity contribution < 1.29 is 9.53 Å². The largest absolute Gasteiger partial charge is 0.497 e. The number of amides is 1. The second-order valence-electron chi connectivity index (χ2n) is 9.19. The molecule has 2 bridgehead atoms. The number of likely N-dealkylation sites (tertiary alicyclic amines) is 1. The van der Waals surface area contributed by atoms with Gasteiger partial charge in [-0.2, -0.15) is 0 Å². The number of pyridine rings is 1. The standard InChI is InChI=1S/C25H30N2O3/c1-30-21-9-7-19(8-10-21)25(29)26-14-17-13-20(16-26)24-22(18-5-3-2-4-6-18)11-12-23(28)27(24)15-17/h7-12,17-18,20H,2-6,13-16H2,1H3/t17-,20+/m0/s1. The van der Waals surface area contributed by atoms with Crippen molar-refractivity contribution in [1.82, 2.24) is 9.47 Å². The number of fused-ring (bicyclic) bond motifs is 4. The third kappa shape index (κ3) is 3.44. The monoisotopic (exact) mass is 406 g/mol. The highest BCUT2D eigenvalue weighted by Crippen LogP contribution is 2.42. The molecule has 5 heteroatoms. The summed E-state index contributed by atoms with van der Waals surface area (Å²) in [5.41, 5.74) is 3.41. The number of ether oxygens (including phenoxy) is 1. The second kappa shape index (κ2) is 7.93. The first-order valence-electron chi connectivity index (χ1n) is 11.3. The van der Waals surface area contributed by atoms with Crippen LogP contribution in [0.2, 0.25) is 0 Å². The predicted molar refractivity (Wildman–Crippen MR) is 116 cm³/mol. The quantitative estimate of drug-likeness (QED) is 0.769. The maximum atomic E-state index is 13.2. The molecule has 158 valence electrons. The van der Waals surface area contributed by atoms with Crippen LogP contribution in [-0.4, -0.2) is 35.6 Å². The van der Waals surface area contributed by atoms with Gasteiger partial charge in [0.15, 0.2) is 0 Å². The van der Waals surface area contributed by atoms with Crippen LogP contribution in [0.3, 0.4) is 0 Å². The lowest BCUT2D eigenvalue weighted by Crippen LogP contribution is -2.49. The summed E-state index contributed by atoms with van der Waals surface area (Å²) < 4.78 is 7.26. The summed E-state index contributed by atoms with van der Waals surface area (Å²) in [4.78, 5) is 27.9. The van der Waals surface area contributed by atoms with Gasteiger partial charge in [0.2, 0.25) is 0 Å². The van der Waals surface area contributed by atoms with Crippen molar-refractivity contribution in [3.8, 4) is 5.75 Å². The molecule has 1 amide bonds. The Balaban J connectivity index is 1.45. The number of benzene rings is 1. The molecule has 30 heavy (non-hydrogen) atoms. The number of piperidine rings is 1. The number of methoxy groups -OCH3 is 1. The molecule has 0 spiro atoms. The molecule has 1 aliphatic carbocycles. The molecule has 5 nitrogen and oxygen atoms in total. The summed E-state index contributed by atoms with van der Waals surface area (Å²) in [6.45, 7) is 2.16. The summed E-state index contributed by atoms with van der Waals surface area (Å²) in [6.07, 6.45) is 7.39. The van der Waals surface area contributed by atoms with Gasteiger partial charge in [-0.25, -0.2) is 0 Å². The van der Waals surface area contributed by atoms with Crippen LogP contribution in [-0.2, 0) is 6.54 Å². The van der Waals surface area contributed by atoms with Crippen molar-refractivity contribution >= 4 is 5.91 Å². The van der Waals surface area contributed by atoms with Crippen LogP contribution in [0.1, 0.15) is 72.0 Å². The first kappa shape index (κ1) is 19.4. The van der Waals surface area contributed by atoms with Gasteiger partial charge in [-0.05, 0) is 60.9 Å². The van der Waals surface area contributed by atoms with E-state index in [-0.39, 0.29) is 17.4 Å². The van der Waals surface area contributed by atoms with Gasteiger partial charge in [-0.3, -0.25) is 9.59 Å². The lowest BCUT2D eigenvalue weighted by atomic mass is 9.76. The van der Waals surface area contributed by atoms with Gasteiger partial charge in [-0.15, -0.1) is 0 Å².